The molecule has 0 fully saturated rings. The molecule has 4 nitrogen and oxygen atoms in total. The van der Waals surface area contributed by atoms with Gasteiger partial charge in [0.15, 0.2) is 0 Å². The summed E-state index contributed by atoms with van der Waals surface area (Å²) in [5, 5.41) is 13.6. The zero-order valence-corrected chi connectivity index (χ0v) is 14.2. The molecule has 0 bridgehead atoms. The first-order valence-corrected chi connectivity index (χ1v) is 8.42. The number of phenolic OH excluding ortho intramolecular Hbond substituents is 1. The minimum Gasteiger partial charge on any atom is -0.507 e. The van der Waals surface area contributed by atoms with E-state index in [1.807, 2.05) is 24.3 Å². The Kier molecular flexibility index (Phi) is 5.07. The van der Waals surface area contributed by atoms with Crippen LogP contribution in [0.2, 0.25) is 0 Å². The third-order valence-corrected chi connectivity index (χ3v) is 4.75. The molecule has 2 aromatic carbocycles. The van der Waals surface area contributed by atoms with E-state index in [0.717, 1.165) is 11.1 Å². The molecular weight excluding hydrogens is 347 g/mol. The van der Waals surface area contributed by atoms with Gasteiger partial charge < -0.3 is 5.11 Å². The quantitative estimate of drug-likeness (QED) is 0.495. The summed E-state index contributed by atoms with van der Waals surface area (Å²) < 4.78 is 0. The summed E-state index contributed by atoms with van der Waals surface area (Å²) in [4.78, 5) is 11.8. The van der Waals surface area contributed by atoms with Gasteiger partial charge in [-0.15, -0.1) is 23.2 Å². The van der Waals surface area contributed by atoms with Crippen molar-refractivity contribution in [3.63, 3.8) is 0 Å². The summed E-state index contributed by atoms with van der Waals surface area (Å²) in [7, 11) is 0. The molecule has 0 saturated heterocycles. The molecule has 0 aliphatic heterocycles. The Labute approximate surface area is 150 Å². The van der Waals surface area contributed by atoms with E-state index in [4.69, 9.17) is 23.2 Å². The third-order valence-electron chi connectivity index (χ3n) is 4.21. The Hall–Kier alpha value is -2.04. The Morgan fingerprint density at radius 3 is 2.67 bits per heavy atom. The topological polar surface area (TPSA) is 61.7 Å². The predicted octanol–water partition coefficient (Wildman–Crippen LogP) is 3.60. The van der Waals surface area contributed by atoms with Crippen LogP contribution in [0.15, 0.2) is 53.6 Å². The number of para-hydroxylation sites is 1. The van der Waals surface area contributed by atoms with Crippen LogP contribution in [0.5, 0.6) is 5.75 Å². The van der Waals surface area contributed by atoms with E-state index < -0.39 is 4.84 Å². The van der Waals surface area contributed by atoms with Gasteiger partial charge in [0.1, 0.15) is 10.6 Å². The lowest BCUT2D eigenvalue weighted by atomic mass is 9.93. The molecule has 3 rings (SSSR count). The number of carbonyl (C=O) groups excluding carboxylic acids is 1. The summed E-state index contributed by atoms with van der Waals surface area (Å²) in [5.74, 6) is -0.772. The second-order valence-electron chi connectivity index (χ2n) is 5.66. The summed E-state index contributed by atoms with van der Waals surface area (Å²) >= 11 is 12.2. The van der Waals surface area contributed by atoms with Crippen molar-refractivity contribution in [3.8, 4) is 5.75 Å². The van der Waals surface area contributed by atoms with Gasteiger partial charge >= 0.3 is 0 Å². The van der Waals surface area contributed by atoms with Crippen LogP contribution >= 0.6 is 23.2 Å². The van der Waals surface area contributed by atoms with E-state index in [1.165, 1.54) is 6.21 Å². The Balaban J connectivity index is 1.72. The normalized spacial score (nSPS) is 19.6. The minimum atomic E-state index is -0.674. The van der Waals surface area contributed by atoms with Crippen LogP contribution in [0, 0.1) is 5.92 Å². The van der Waals surface area contributed by atoms with Crippen LogP contribution in [-0.4, -0.2) is 22.1 Å². The van der Waals surface area contributed by atoms with E-state index in [0.29, 0.717) is 12.0 Å². The first kappa shape index (κ1) is 16.8. The smallest absolute Gasteiger partial charge is 0.244 e. The zero-order valence-electron chi connectivity index (χ0n) is 12.7. The molecule has 124 valence electrons. The number of alkyl halides is 2. The average molecular weight is 363 g/mol. The number of phenols is 1. The van der Waals surface area contributed by atoms with Crippen molar-refractivity contribution in [2.75, 3.05) is 0 Å². The van der Waals surface area contributed by atoms with Gasteiger partial charge in [-0.3, -0.25) is 4.79 Å². The SMILES string of the molecule is O=C(N/N=C\c1ccccc1O)[C@H]1Cc2ccccc2[C@H]1C(Cl)Cl. The lowest BCUT2D eigenvalue weighted by molar-refractivity contribution is -0.125. The molecule has 1 aliphatic carbocycles. The molecule has 0 radical (unpaired) electrons. The highest BCUT2D eigenvalue weighted by atomic mass is 35.5. The van der Waals surface area contributed by atoms with Crippen molar-refractivity contribution in [1.82, 2.24) is 5.43 Å². The van der Waals surface area contributed by atoms with Crippen LogP contribution in [0.1, 0.15) is 22.6 Å². The number of hydrazone groups is 1. The molecule has 0 aromatic heterocycles. The highest BCUT2D eigenvalue weighted by molar-refractivity contribution is 6.45. The fraction of sp³-hybridized carbons (Fsp3) is 0.222. The van der Waals surface area contributed by atoms with Crippen molar-refractivity contribution >= 4 is 35.3 Å². The summed E-state index contributed by atoms with van der Waals surface area (Å²) in [5.41, 5.74) is 5.14. The summed E-state index contributed by atoms with van der Waals surface area (Å²) in [6, 6.07) is 14.5. The molecule has 2 N–H and O–H groups in total. The van der Waals surface area contributed by atoms with Crippen LogP contribution in [-0.2, 0) is 11.2 Å². The number of carbonyl (C=O) groups is 1. The number of amides is 1. The van der Waals surface area contributed by atoms with Gasteiger partial charge in [-0.1, -0.05) is 36.4 Å². The van der Waals surface area contributed by atoms with Crippen molar-refractivity contribution in [2.45, 2.75) is 17.2 Å². The molecular formula is C18H16Cl2N2O2. The number of hydrogen-bond acceptors (Lipinski definition) is 3. The minimum absolute atomic E-state index is 0.100. The van der Waals surface area contributed by atoms with E-state index in [1.54, 1.807) is 24.3 Å². The van der Waals surface area contributed by atoms with E-state index in [9.17, 15) is 9.90 Å². The number of aromatic hydroxyl groups is 1. The molecule has 2 atom stereocenters. The van der Waals surface area contributed by atoms with Crippen molar-refractivity contribution in [2.24, 2.45) is 11.0 Å². The molecule has 0 heterocycles. The average Bonchev–Trinajstić information content (AvgIpc) is 2.96. The molecule has 1 amide bonds. The van der Waals surface area contributed by atoms with Crippen LogP contribution in [0.4, 0.5) is 0 Å². The number of halogens is 2. The Morgan fingerprint density at radius 1 is 1.21 bits per heavy atom. The number of hydrogen-bond donors (Lipinski definition) is 2. The lowest BCUT2D eigenvalue weighted by Crippen LogP contribution is -2.31. The maximum atomic E-state index is 12.5. The first-order valence-electron chi connectivity index (χ1n) is 7.55. The molecule has 0 saturated carbocycles. The zero-order chi connectivity index (χ0) is 17.1. The maximum absolute atomic E-state index is 12.5. The van der Waals surface area contributed by atoms with Gasteiger partial charge in [0.2, 0.25) is 5.91 Å². The van der Waals surface area contributed by atoms with Gasteiger partial charge in [-0.05, 0) is 29.7 Å². The summed E-state index contributed by atoms with van der Waals surface area (Å²) in [6.07, 6.45) is 1.98. The lowest BCUT2D eigenvalue weighted by Gasteiger charge is -2.19. The molecule has 1 aliphatic rings. The standard InChI is InChI=1S/C18H16Cl2N2O2/c19-17(20)16-13-7-3-1-5-11(13)9-14(16)18(24)22-21-10-12-6-2-4-8-15(12)23/h1-8,10,14,16-17,23H,9H2,(H,22,24)/b21-10-/t14-,16+/m0/s1. The second kappa shape index (κ2) is 7.24. The number of fused-ring (bicyclic) bond motifs is 1. The fourth-order valence-electron chi connectivity index (χ4n) is 3.04. The molecule has 0 spiro atoms. The number of nitrogens with one attached hydrogen (secondary N) is 1. The largest absolute Gasteiger partial charge is 0.507 e. The number of nitrogens with zero attached hydrogens (tertiary/aromatic N) is 1. The maximum Gasteiger partial charge on any atom is 0.244 e. The molecule has 6 heteroatoms. The second-order valence-corrected chi connectivity index (χ2v) is 6.83. The predicted molar refractivity (Wildman–Crippen MR) is 95.7 cm³/mol. The highest BCUT2D eigenvalue weighted by Crippen LogP contribution is 2.43. The Bertz CT molecular complexity index is 777. The van der Waals surface area contributed by atoms with E-state index in [-0.39, 0.29) is 23.5 Å². The van der Waals surface area contributed by atoms with Crippen molar-refractivity contribution in [3.05, 3.63) is 65.2 Å². The van der Waals surface area contributed by atoms with Gasteiger partial charge in [-0.25, -0.2) is 5.43 Å². The van der Waals surface area contributed by atoms with E-state index in [2.05, 4.69) is 10.5 Å². The molecule has 0 unspecified atom stereocenters. The monoisotopic (exact) mass is 362 g/mol. The van der Waals surface area contributed by atoms with Crippen LogP contribution in [0.25, 0.3) is 0 Å². The van der Waals surface area contributed by atoms with Crippen molar-refractivity contribution in [1.29, 1.82) is 0 Å². The molecule has 2 aromatic rings. The van der Waals surface area contributed by atoms with Crippen LogP contribution in [0.3, 0.4) is 0 Å². The van der Waals surface area contributed by atoms with Gasteiger partial charge in [0.25, 0.3) is 0 Å². The highest BCUT2D eigenvalue weighted by Gasteiger charge is 2.40. The number of benzene rings is 2. The first-order chi connectivity index (χ1) is 11.6. The molecule has 24 heavy (non-hydrogen) atoms. The van der Waals surface area contributed by atoms with Crippen LogP contribution < -0.4 is 5.43 Å². The third kappa shape index (κ3) is 3.40. The summed E-state index contributed by atoms with van der Waals surface area (Å²) in [6.45, 7) is 0. The van der Waals surface area contributed by atoms with Crippen molar-refractivity contribution < 1.29 is 9.90 Å². The van der Waals surface area contributed by atoms with Gasteiger partial charge in [0, 0.05) is 11.5 Å². The number of rotatable bonds is 4. The fourth-order valence-corrected chi connectivity index (χ4v) is 3.66. The Morgan fingerprint density at radius 2 is 1.92 bits per heavy atom. The van der Waals surface area contributed by atoms with E-state index >= 15 is 0 Å². The van der Waals surface area contributed by atoms with Gasteiger partial charge in [-0.2, -0.15) is 5.10 Å². The van der Waals surface area contributed by atoms with Gasteiger partial charge in [0.05, 0.1) is 12.1 Å².